The minimum Gasteiger partial charge on any atom is -0.466 e. The number of ether oxygens (including phenoxy) is 2. The summed E-state index contributed by atoms with van der Waals surface area (Å²) in [5, 5.41) is 0. The quantitative estimate of drug-likeness (QED) is 0.258. The molecule has 0 spiro atoms. The predicted octanol–water partition coefficient (Wildman–Crippen LogP) is 5.67. The number of hydrogen-bond donors (Lipinski definition) is 0. The lowest BCUT2D eigenvalue weighted by molar-refractivity contribution is -0.144. The van der Waals surface area contributed by atoms with E-state index in [1.165, 1.54) is 0 Å². The molecule has 1 rings (SSSR count). The van der Waals surface area contributed by atoms with E-state index in [0.29, 0.717) is 25.2 Å². The van der Waals surface area contributed by atoms with Gasteiger partial charge in [-0.2, -0.15) is 0 Å². The van der Waals surface area contributed by atoms with Crippen molar-refractivity contribution in [1.29, 1.82) is 0 Å². The van der Waals surface area contributed by atoms with Crippen LogP contribution < -0.4 is 4.74 Å². The fourth-order valence-electron chi connectivity index (χ4n) is 2.66. The summed E-state index contributed by atoms with van der Waals surface area (Å²) in [6, 6.07) is 5.76. The average molecular weight is 363 g/mol. The van der Waals surface area contributed by atoms with Crippen LogP contribution in [0.25, 0.3) is 0 Å². The number of benzene rings is 1. The minimum atomic E-state index is -0.159. The number of carbonyl (C=O) groups is 2. The van der Waals surface area contributed by atoms with Gasteiger partial charge in [0.25, 0.3) is 0 Å². The molecule has 4 nitrogen and oxygen atoms in total. The lowest BCUT2D eigenvalue weighted by atomic mass is 10.1. The molecule has 0 aliphatic heterocycles. The van der Waals surface area contributed by atoms with Crippen molar-refractivity contribution in [1.82, 2.24) is 0 Å². The first kappa shape index (κ1) is 22.2. The van der Waals surface area contributed by atoms with Crippen LogP contribution in [0.4, 0.5) is 0 Å². The second kappa shape index (κ2) is 13.4. The Morgan fingerprint density at radius 3 is 2.12 bits per heavy atom. The molecule has 0 unspecified atom stereocenters. The van der Waals surface area contributed by atoms with Gasteiger partial charge in [0.2, 0.25) is 0 Å². The van der Waals surface area contributed by atoms with Gasteiger partial charge in [0.1, 0.15) is 5.75 Å². The molecule has 1 aromatic carbocycles. The maximum atomic E-state index is 11.9. The summed E-state index contributed by atoms with van der Waals surface area (Å²) in [6.07, 6.45) is 8.93. The van der Waals surface area contributed by atoms with E-state index in [2.05, 4.69) is 6.92 Å². The van der Waals surface area contributed by atoms with Crippen molar-refractivity contribution in [3.05, 3.63) is 29.3 Å². The van der Waals surface area contributed by atoms with Crippen LogP contribution in [0.3, 0.4) is 0 Å². The van der Waals surface area contributed by atoms with Crippen molar-refractivity contribution in [3.63, 3.8) is 0 Å². The summed E-state index contributed by atoms with van der Waals surface area (Å²) in [6.45, 7) is 6.61. The molecule has 4 heteroatoms. The van der Waals surface area contributed by atoms with Crippen LogP contribution in [0.5, 0.6) is 5.75 Å². The van der Waals surface area contributed by atoms with Gasteiger partial charge in [-0.1, -0.05) is 51.2 Å². The first-order chi connectivity index (χ1) is 12.5. The lowest BCUT2D eigenvalue weighted by Crippen LogP contribution is -2.08. The molecule has 0 aromatic heterocycles. The second-order valence-corrected chi connectivity index (χ2v) is 6.87. The van der Waals surface area contributed by atoms with Crippen LogP contribution in [0, 0.1) is 13.8 Å². The maximum absolute atomic E-state index is 11.9. The zero-order chi connectivity index (χ0) is 19.2. The third-order valence-corrected chi connectivity index (χ3v) is 4.55. The molecule has 1 aromatic rings. The summed E-state index contributed by atoms with van der Waals surface area (Å²) in [5.41, 5.74) is 2.15. The van der Waals surface area contributed by atoms with Crippen molar-refractivity contribution in [3.8, 4) is 5.75 Å². The highest BCUT2D eigenvalue weighted by molar-refractivity contribution is 5.72. The van der Waals surface area contributed by atoms with Gasteiger partial charge in [0.15, 0.2) is 0 Å². The molecule has 0 saturated carbocycles. The van der Waals surface area contributed by atoms with Crippen LogP contribution in [0.1, 0.15) is 82.3 Å². The molecule has 0 bridgehead atoms. The molecule has 0 saturated heterocycles. The van der Waals surface area contributed by atoms with Gasteiger partial charge in [-0.3, -0.25) is 9.59 Å². The first-order valence-electron chi connectivity index (χ1n) is 9.97. The summed E-state index contributed by atoms with van der Waals surface area (Å²) in [5.74, 6) is 0.432. The maximum Gasteiger partial charge on any atom is 0.311 e. The first-order valence-corrected chi connectivity index (χ1v) is 9.97. The molecule has 146 valence electrons. The smallest absolute Gasteiger partial charge is 0.311 e. The van der Waals surface area contributed by atoms with Crippen molar-refractivity contribution < 1.29 is 19.1 Å². The molecule has 0 aliphatic rings. The Hall–Kier alpha value is -1.84. The number of hydrogen-bond acceptors (Lipinski definition) is 4. The minimum absolute atomic E-state index is 0.0763. The summed E-state index contributed by atoms with van der Waals surface area (Å²) >= 11 is 0. The van der Waals surface area contributed by atoms with E-state index >= 15 is 0 Å². The number of carbonyl (C=O) groups excluding carboxylic acids is 2. The Morgan fingerprint density at radius 2 is 1.46 bits per heavy atom. The lowest BCUT2D eigenvalue weighted by Gasteiger charge is -2.09. The van der Waals surface area contributed by atoms with Gasteiger partial charge in [-0.15, -0.1) is 0 Å². The zero-order valence-electron chi connectivity index (χ0n) is 16.6. The Balaban J connectivity index is 2.01. The van der Waals surface area contributed by atoms with Gasteiger partial charge in [-0.05, 0) is 50.3 Å². The Labute approximate surface area is 158 Å². The highest BCUT2D eigenvalue weighted by atomic mass is 16.5. The van der Waals surface area contributed by atoms with Gasteiger partial charge in [0.05, 0.1) is 6.61 Å². The molecular weight excluding hydrogens is 328 g/mol. The van der Waals surface area contributed by atoms with E-state index in [9.17, 15) is 9.59 Å². The van der Waals surface area contributed by atoms with Gasteiger partial charge in [-0.25, -0.2) is 0 Å². The summed E-state index contributed by atoms with van der Waals surface area (Å²) < 4.78 is 10.6. The predicted molar refractivity (Wildman–Crippen MR) is 104 cm³/mol. The van der Waals surface area contributed by atoms with E-state index in [0.717, 1.165) is 62.5 Å². The van der Waals surface area contributed by atoms with E-state index < -0.39 is 0 Å². The molecule has 26 heavy (non-hydrogen) atoms. The molecule has 0 atom stereocenters. The van der Waals surface area contributed by atoms with E-state index in [1.54, 1.807) is 0 Å². The van der Waals surface area contributed by atoms with Crippen LogP contribution >= 0.6 is 0 Å². The monoisotopic (exact) mass is 362 g/mol. The fourth-order valence-corrected chi connectivity index (χ4v) is 2.66. The summed E-state index contributed by atoms with van der Waals surface area (Å²) in [7, 11) is 0. The SMILES string of the molecule is CCCCOC(=O)CCCCCCCCC(=O)Oc1cccc(C)c1C. The van der Waals surface area contributed by atoms with Crippen LogP contribution in [0.15, 0.2) is 18.2 Å². The largest absolute Gasteiger partial charge is 0.466 e. The van der Waals surface area contributed by atoms with Crippen molar-refractivity contribution in [2.24, 2.45) is 0 Å². The number of unbranched alkanes of at least 4 members (excludes halogenated alkanes) is 6. The van der Waals surface area contributed by atoms with Crippen LogP contribution in [-0.4, -0.2) is 18.5 Å². The van der Waals surface area contributed by atoms with E-state index in [1.807, 2.05) is 32.0 Å². The topological polar surface area (TPSA) is 52.6 Å². The van der Waals surface area contributed by atoms with Crippen molar-refractivity contribution in [2.45, 2.75) is 85.0 Å². The standard InChI is InChI=1S/C22H34O4/c1-4-5-17-25-21(23)15-10-8-6-7-9-11-16-22(24)26-20-14-12-13-18(2)19(20)3/h12-14H,4-11,15-17H2,1-3H3. The Morgan fingerprint density at radius 1 is 0.846 bits per heavy atom. The normalized spacial score (nSPS) is 10.6. The molecule has 0 heterocycles. The van der Waals surface area contributed by atoms with Crippen molar-refractivity contribution >= 4 is 11.9 Å². The van der Waals surface area contributed by atoms with Crippen molar-refractivity contribution in [2.75, 3.05) is 6.61 Å². The molecule has 0 radical (unpaired) electrons. The van der Waals surface area contributed by atoms with Gasteiger partial charge >= 0.3 is 11.9 Å². The third kappa shape index (κ3) is 9.59. The zero-order valence-corrected chi connectivity index (χ0v) is 16.6. The number of aryl methyl sites for hydroxylation is 1. The highest BCUT2D eigenvalue weighted by Crippen LogP contribution is 2.21. The third-order valence-electron chi connectivity index (χ3n) is 4.55. The van der Waals surface area contributed by atoms with E-state index in [-0.39, 0.29) is 11.9 Å². The average Bonchev–Trinajstić information content (AvgIpc) is 2.61. The Kier molecular flexibility index (Phi) is 11.4. The second-order valence-electron chi connectivity index (χ2n) is 6.87. The van der Waals surface area contributed by atoms with Gasteiger partial charge < -0.3 is 9.47 Å². The van der Waals surface area contributed by atoms with E-state index in [4.69, 9.17) is 9.47 Å². The molecular formula is C22H34O4. The molecule has 0 N–H and O–H groups in total. The van der Waals surface area contributed by atoms with Crippen LogP contribution in [0.2, 0.25) is 0 Å². The number of esters is 2. The molecule has 0 fully saturated rings. The summed E-state index contributed by atoms with van der Waals surface area (Å²) in [4.78, 5) is 23.4. The molecule has 0 aliphatic carbocycles. The highest BCUT2D eigenvalue weighted by Gasteiger charge is 2.08. The fraction of sp³-hybridized carbons (Fsp3) is 0.636. The van der Waals surface area contributed by atoms with Gasteiger partial charge in [0, 0.05) is 12.8 Å². The number of rotatable bonds is 13. The Bertz CT molecular complexity index is 551. The van der Waals surface area contributed by atoms with Crippen LogP contribution in [-0.2, 0) is 14.3 Å². The molecule has 0 amide bonds.